The molecule has 20 heavy (non-hydrogen) atoms. The van der Waals surface area contributed by atoms with E-state index in [2.05, 4.69) is 5.32 Å². The van der Waals surface area contributed by atoms with Crippen LogP contribution in [-0.2, 0) is 4.79 Å². The lowest BCUT2D eigenvalue weighted by Crippen LogP contribution is -2.14. The van der Waals surface area contributed by atoms with Gasteiger partial charge >= 0.3 is 0 Å². The van der Waals surface area contributed by atoms with Gasteiger partial charge in [-0.2, -0.15) is 0 Å². The van der Waals surface area contributed by atoms with Gasteiger partial charge in [0.2, 0.25) is 5.91 Å². The molecule has 1 atom stereocenters. The molecule has 1 aliphatic carbocycles. The maximum Gasteiger partial charge on any atom is 0.220 e. The number of hydrogen-bond acceptors (Lipinski definition) is 3. The van der Waals surface area contributed by atoms with Crippen LogP contribution in [0.3, 0.4) is 0 Å². The highest BCUT2D eigenvalue weighted by atomic mass is 16.5. The van der Waals surface area contributed by atoms with Gasteiger partial charge in [-0.3, -0.25) is 4.79 Å². The fourth-order valence-corrected chi connectivity index (χ4v) is 1.98. The Labute approximate surface area is 136 Å². The first-order chi connectivity index (χ1) is 14.4. The molecule has 1 amide bonds. The SMILES string of the molecule is [2H]c1c([2H])c(C2CNC(=O)C2)c([2H])c(OC2([2H])C([2H])([2H])C([2H])([2H])C([2H])([2H])C2([2H])[2H])c1OC. The van der Waals surface area contributed by atoms with E-state index in [1.807, 2.05) is 0 Å². The van der Waals surface area contributed by atoms with Gasteiger partial charge in [0.15, 0.2) is 11.5 Å². The van der Waals surface area contributed by atoms with Crippen LogP contribution in [0.4, 0.5) is 0 Å². The van der Waals surface area contributed by atoms with Gasteiger partial charge in [-0.15, -0.1) is 0 Å². The molecule has 1 aromatic carbocycles. The van der Waals surface area contributed by atoms with Crippen molar-refractivity contribution in [2.24, 2.45) is 0 Å². The molecule has 0 bridgehead atoms. The molecule has 1 heterocycles. The van der Waals surface area contributed by atoms with Crippen molar-refractivity contribution in [1.29, 1.82) is 0 Å². The Balaban J connectivity index is 2.27. The van der Waals surface area contributed by atoms with Crippen molar-refractivity contribution in [2.45, 2.75) is 43.9 Å². The number of carbonyl (C=O) groups excluding carboxylic acids is 1. The molecule has 108 valence electrons. The van der Waals surface area contributed by atoms with E-state index in [9.17, 15) is 4.79 Å². The Morgan fingerprint density at radius 2 is 2.20 bits per heavy atom. The van der Waals surface area contributed by atoms with Gasteiger partial charge in [-0.05, 0) is 43.1 Å². The van der Waals surface area contributed by atoms with Gasteiger partial charge in [0.05, 0.1) is 18.7 Å². The highest BCUT2D eigenvalue weighted by Gasteiger charge is 2.25. The van der Waals surface area contributed by atoms with Crippen molar-refractivity contribution in [3.8, 4) is 11.5 Å². The van der Waals surface area contributed by atoms with Crippen LogP contribution in [0.15, 0.2) is 18.1 Å². The molecule has 0 spiro atoms. The first kappa shape index (κ1) is 5.24. The second-order valence-electron chi connectivity index (χ2n) is 4.29. The Kier molecular flexibility index (Phi) is 1.50. The van der Waals surface area contributed by atoms with Crippen LogP contribution >= 0.6 is 0 Å². The Morgan fingerprint density at radius 3 is 2.85 bits per heavy atom. The van der Waals surface area contributed by atoms with Gasteiger partial charge in [-0.1, -0.05) is 6.04 Å². The summed E-state index contributed by atoms with van der Waals surface area (Å²) in [6.45, 7) is 0.0422. The first-order valence-corrected chi connectivity index (χ1v) is 6.04. The van der Waals surface area contributed by atoms with Gasteiger partial charge < -0.3 is 14.8 Å². The lowest BCUT2D eigenvalue weighted by Gasteiger charge is -2.18. The zero-order valence-corrected chi connectivity index (χ0v) is 10.7. The highest BCUT2D eigenvalue weighted by molar-refractivity contribution is 5.79. The largest absolute Gasteiger partial charge is 0.493 e. The summed E-state index contributed by atoms with van der Waals surface area (Å²) in [7, 11) is 1.05. The molecule has 0 aromatic heterocycles. The molecule has 2 aliphatic rings. The third-order valence-electron chi connectivity index (χ3n) is 2.97. The molecule has 4 nitrogen and oxygen atoms in total. The van der Waals surface area contributed by atoms with Gasteiger partial charge in [0.1, 0.15) is 0 Å². The van der Waals surface area contributed by atoms with Crippen LogP contribution in [0.25, 0.3) is 0 Å². The molecule has 3 rings (SSSR count). The molecule has 0 radical (unpaired) electrons. The topological polar surface area (TPSA) is 47.6 Å². The van der Waals surface area contributed by atoms with Crippen molar-refractivity contribution in [3.63, 3.8) is 0 Å². The fourth-order valence-electron chi connectivity index (χ4n) is 1.98. The van der Waals surface area contributed by atoms with Gasteiger partial charge in [0.25, 0.3) is 0 Å². The Bertz CT molecular complexity index is 954. The van der Waals surface area contributed by atoms with Gasteiger partial charge in [0, 0.05) is 29.8 Å². The highest BCUT2D eigenvalue weighted by Crippen LogP contribution is 2.35. The summed E-state index contributed by atoms with van der Waals surface area (Å²) in [5.74, 6) is -2.48. The van der Waals surface area contributed by atoms with Crippen molar-refractivity contribution in [2.75, 3.05) is 13.7 Å². The molecule has 1 saturated heterocycles. The number of nitrogens with one attached hydrogen (secondary N) is 1. The standard InChI is InChI=1S/C16H21NO3/c1-19-14-7-6-11(12-9-16(18)17-10-12)8-15(14)20-13-4-2-3-5-13/h6-8,12-13H,2-5,9-10H2,1H3,(H,17,18)/i2D2,3D2,4D2,5D2,6D,7D,8D,13D. The molecule has 4 heteroatoms. The van der Waals surface area contributed by atoms with Crippen LogP contribution in [0, 0.1) is 0 Å². The lowest BCUT2D eigenvalue weighted by molar-refractivity contribution is -0.119. The minimum Gasteiger partial charge on any atom is -0.493 e. The summed E-state index contributed by atoms with van der Waals surface area (Å²) in [6, 6.07) is -1.75. The molecule has 2 fully saturated rings. The Morgan fingerprint density at radius 1 is 1.40 bits per heavy atom. The first-order valence-electron chi connectivity index (χ1n) is 12.0. The summed E-state index contributed by atoms with van der Waals surface area (Å²) in [6.07, 6.45) is -17.8. The van der Waals surface area contributed by atoms with E-state index in [0.29, 0.717) is 0 Å². The summed E-state index contributed by atoms with van der Waals surface area (Å²) >= 11 is 0. The predicted molar refractivity (Wildman–Crippen MR) is 76.2 cm³/mol. The van der Waals surface area contributed by atoms with Crippen molar-refractivity contribution in [3.05, 3.63) is 23.7 Å². The molecular formula is C16H21NO3. The number of hydrogen-bond donors (Lipinski definition) is 1. The number of rotatable bonds is 4. The van der Waals surface area contributed by atoms with Crippen LogP contribution in [0.1, 0.15) is 59.8 Å². The quantitative estimate of drug-likeness (QED) is 0.926. The maximum atomic E-state index is 11.6. The molecule has 1 saturated carbocycles. The average Bonchev–Trinajstić information content (AvgIpc) is 3.12. The minimum absolute atomic E-state index is 0.0422. The van der Waals surface area contributed by atoms with Crippen molar-refractivity contribution >= 4 is 5.91 Å². The number of ether oxygens (including phenoxy) is 2. The van der Waals surface area contributed by atoms with E-state index < -0.39 is 67.1 Å². The number of carbonyl (C=O) groups is 1. The third kappa shape index (κ3) is 2.74. The zero-order chi connectivity index (χ0) is 24.7. The molecule has 1 aromatic rings. The number of benzene rings is 1. The van der Waals surface area contributed by atoms with E-state index in [1.54, 1.807) is 0 Å². The second kappa shape index (κ2) is 5.73. The van der Waals surface area contributed by atoms with E-state index in [4.69, 9.17) is 25.9 Å². The van der Waals surface area contributed by atoms with E-state index in [-0.39, 0.29) is 24.4 Å². The summed E-state index contributed by atoms with van der Waals surface area (Å²) in [5.41, 5.74) is -0.141. The lowest BCUT2D eigenvalue weighted by atomic mass is 9.98. The predicted octanol–water partition coefficient (Wildman–Crippen LogP) is 2.62. The second-order valence-corrected chi connectivity index (χ2v) is 4.29. The van der Waals surface area contributed by atoms with Crippen LogP contribution in [-0.4, -0.2) is 25.6 Å². The van der Waals surface area contributed by atoms with Gasteiger partial charge in [-0.25, -0.2) is 0 Å². The van der Waals surface area contributed by atoms with Crippen LogP contribution in [0.2, 0.25) is 0 Å². The normalized spacial score (nSPS) is 43.2. The van der Waals surface area contributed by atoms with Crippen LogP contribution in [0.5, 0.6) is 11.5 Å². The summed E-state index contributed by atoms with van der Waals surface area (Å²) in [4.78, 5) is 11.6. The summed E-state index contributed by atoms with van der Waals surface area (Å²) < 4.78 is 108. The van der Waals surface area contributed by atoms with E-state index >= 15 is 0 Å². The molecular weight excluding hydrogens is 254 g/mol. The minimum atomic E-state index is -3.56. The third-order valence-corrected chi connectivity index (χ3v) is 2.97. The van der Waals surface area contributed by atoms with Crippen molar-refractivity contribution in [1.82, 2.24) is 5.32 Å². The Hall–Kier alpha value is -1.71. The van der Waals surface area contributed by atoms with Crippen LogP contribution < -0.4 is 14.8 Å². The molecule has 1 aliphatic heterocycles. The number of amides is 1. The maximum absolute atomic E-state index is 11.6. The van der Waals surface area contributed by atoms with E-state index in [1.165, 1.54) is 0 Å². The molecule has 1 unspecified atom stereocenters. The zero-order valence-electron chi connectivity index (χ0n) is 22.7. The van der Waals surface area contributed by atoms with E-state index in [0.717, 1.165) is 7.11 Å². The monoisotopic (exact) mass is 287 g/mol. The smallest absolute Gasteiger partial charge is 0.220 e. The average molecular weight is 287 g/mol. The molecule has 1 N–H and O–H groups in total. The summed E-state index contributed by atoms with van der Waals surface area (Å²) in [5, 5.41) is 2.52. The number of methoxy groups -OCH3 is 1. The van der Waals surface area contributed by atoms with Crippen molar-refractivity contribution < 1.29 is 30.7 Å². The fraction of sp³-hybridized carbons (Fsp3) is 0.562.